The summed E-state index contributed by atoms with van der Waals surface area (Å²) in [4.78, 5) is 21.4. The van der Waals surface area contributed by atoms with E-state index in [1.165, 1.54) is 21.2 Å². The number of aryl methyl sites for hydroxylation is 3. The second kappa shape index (κ2) is 5.92. The molecule has 2 heterocycles. The second-order valence-electron chi connectivity index (χ2n) is 5.99. The number of carboxylic acid groups (broad SMARTS) is 1. The lowest BCUT2D eigenvalue weighted by atomic mass is 10.1. The lowest BCUT2D eigenvalue weighted by Crippen LogP contribution is -2.21. The molecule has 0 spiro atoms. The van der Waals surface area contributed by atoms with E-state index >= 15 is 0 Å². The normalized spacial score (nSPS) is 11.0. The number of aromatic carboxylic acids is 1. The molecule has 0 unspecified atom stereocenters. The Labute approximate surface area is 139 Å². The van der Waals surface area contributed by atoms with E-state index < -0.39 is 5.97 Å². The molecule has 0 saturated heterocycles. The van der Waals surface area contributed by atoms with Gasteiger partial charge in [-0.05, 0) is 31.9 Å². The summed E-state index contributed by atoms with van der Waals surface area (Å²) in [5.41, 5.74) is 4.40. The molecule has 24 heavy (non-hydrogen) atoms. The van der Waals surface area contributed by atoms with Crippen molar-refractivity contribution in [1.29, 1.82) is 0 Å². The molecule has 0 saturated carbocycles. The number of nitrogens with zero attached hydrogens (tertiary/aromatic N) is 5. The Bertz CT molecular complexity index is 932. The fourth-order valence-electron chi connectivity index (χ4n) is 2.69. The number of carboxylic acids is 1. The Hall–Kier alpha value is -2.96. The van der Waals surface area contributed by atoms with Crippen LogP contribution in [0.3, 0.4) is 0 Å². The predicted molar refractivity (Wildman–Crippen MR) is 90.5 cm³/mol. The Morgan fingerprint density at radius 2 is 1.96 bits per heavy atom. The first-order valence-corrected chi connectivity index (χ1v) is 7.60. The standard InChI is InChI=1S/C17H19N5O2/c1-10-5-6-13(11(2)7-10)9-21(4)14-8-12(3)18-17-19-15(16(23)24)20-22(14)17/h5-8H,9H2,1-4H3,(H,23,24). The number of hydrogen-bond acceptors (Lipinski definition) is 5. The van der Waals surface area contributed by atoms with E-state index in [4.69, 9.17) is 5.11 Å². The molecular formula is C17H19N5O2. The molecule has 3 aromatic rings. The van der Waals surface area contributed by atoms with Gasteiger partial charge in [-0.1, -0.05) is 23.8 Å². The highest BCUT2D eigenvalue weighted by atomic mass is 16.4. The lowest BCUT2D eigenvalue weighted by molar-refractivity contribution is 0.0684. The van der Waals surface area contributed by atoms with Crippen molar-refractivity contribution < 1.29 is 9.90 Å². The molecule has 0 bridgehead atoms. The minimum Gasteiger partial charge on any atom is -0.475 e. The highest BCUT2D eigenvalue weighted by molar-refractivity contribution is 5.83. The van der Waals surface area contributed by atoms with Gasteiger partial charge in [0.05, 0.1) is 0 Å². The average Bonchev–Trinajstić information content (AvgIpc) is 2.93. The Morgan fingerprint density at radius 3 is 2.62 bits per heavy atom. The first kappa shape index (κ1) is 15.9. The number of rotatable bonds is 4. The number of aromatic nitrogens is 4. The summed E-state index contributed by atoms with van der Waals surface area (Å²) in [5, 5.41) is 13.2. The van der Waals surface area contributed by atoms with Gasteiger partial charge >= 0.3 is 5.97 Å². The maximum absolute atomic E-state index is 11.1. The summed E-state index contributed by atoms with van der Waals surface area (Å²) in [7, 11) is 1.94. The van der Waals surface area contributed by atoms with Gasteiger partial charge in [-0.25, -0.2) is 9.78 Å². The van der Waals surface area contributed by atoms with Gasteiger partial charge in [0.15, 0.2) is 0 Å². The van der Waals surface area contributed by atoms with Crippen LogP contribution in [0.25, 0.3) is 5.78 Å². The molecule has 0 atom stereocenters. The number of anilines is 1. The Balaban J connectivity index is 2.02. The van der Waals surface area contributed by atoms with Crippen LogP contribution in [0.5, 0.6) is 0 Å². The van der Waals surface area contributed by atoms with E-state index in [1.54, 1.807) is 0 Å². The zero-order valence-corrected chi connectivity index (χ0v) is 14.1. The molecule has 3 rings (SSSR count). The molecule has 0 aliphatic rings. The van der Waals surface area contributed by atoms with E-state index in [-0.39, 0.29) is 11.6 Å². The average molecular weight is 325 g/mol. The molecule has 7 nitrogen and oxygen atoms in total. The largest absolute Gasteiger partial charge is 0.475 e. The smallest absolute Gasteiger partial charge is 0.375 e. The number of hydrogen-bond donors (Lipinski definition) is 1. The molecule has 124 valence electrons. The molecule has 0 aliphatic heterocycles. The Morgan fingerprint density at radius 1 is 1.21 bits per heavy atom. The minimum absolute atomic E-state index is 0.255. The number of carbonyl (C=O) groups is 1. The number of fused-ring (bicyclic) bond motifs is 1. The van der Waals surface area contributed by atoms with Crippen LogP contribution in [0, 0.1) is 20.8 Å². The monoisotopic (exact) mass is 325 g/mol. The van der Waals surface area contributed by atoms with Crippen LogP contribution in [0.15, 0.2) is 24.3 Å². The minimum atomic E-state index is -1.17. The fourth-order valence-corrected chi connectivity index (χ4v) is 2.69. The maximum atomic E-state index is 11.1. The van der Waals surface area contributed by atoms with E-state index in [0.717, 1.165) is 11.5 Å². The van der Waals surface area contributed by atoms with Crippen LogP contribution >= 0.6 is 0 Å². The third-order valence-corrected chi connectivity index (χ3v) is 3.91. The molecule has 0 fully saturated rings. The van der Waals surface area contributed by atoms with Gasteiger partial charge in [0.25, 0.3) is 11.6 Å². The first-order chi connectivity index (χ1) is 11.3. The van der Waals surface area contributed by atoms with Crippen molar-refractivity contribution in [3.8, 4) is 0 Å². The van der Waals surface area contributed by atoms with E-state index in [0.29, 0.717) is 6.54 Å². The first-order valence-electron chi connectivity index (χ1n) is 7.60. The van der Waals surface area contributed by atoms with Crippen molar-refractivity contribution in [3.05, 3.63) is 52.5 Å². The second-order valence-corrected chi connectivity index (χ2v) is 5.99. The van der Waals surface area contributed by atoms with Crippen molar-refractivity contribution in [2.45, 2.75) is 27.3 Å². The van der Waals surface area contributed by atoms with Crippen LogP contribution in [0.4, 0.5) is 5.82 Å². The summed E-state index contributed by atoms with van der Waals surface area (Å²) < 4.78 is 1.47. The fraction of sp³-hybridized carbons (Fsp3) is 0.294. The van der Waals surface area contributed by atoms with Gasteiger partial charge < -0.3 is 10.0 Å². The molecule has 0 amide bonds. The van der Waals surface area contributed by atoms with Crippen molar-refractivity contribution in [3.63, 3.8) is 0 Å². The van der Waals surface area contributed by atoms with E-state index in [1.807, 2.05) is 24.9 Å². The quantitative estimate of drug-likeness (QED) is 0.793. The zero-order chi connectivity index (χ0) is 17.4. The van der Waals surface area contributed by atoms with Crippen LogP contribution < -0.4 is 4.90 Å². The van der Waals surface area contributed by atoms with E-state index in [9.17, 15) is 4.79 Å². The van der Waals surface area contributed by atoms with Crippen LogP contribution in [0.2, 0.25) is 0 Å². The van der Waals surface area contributed by atoms with Gasteiger partial charge in [-0.3, -0.25) is 0 Å². The summed E-state index contributed by atoms with van der Waals surface area (Å²) >= 11 is 0. The number of benzene rings is 1. The molecule has 1 aromatic carbocycles. The molecule has 0 aliphatic carbocycles. The van der Waals surface area contributed by atoms with Gasteiger partial charge in [0.2, 0.25) is 0 Å². The van der Waals surface area contributed by atoms with Crippen molar-refractivity contribution in [2.75, 3.05) is 11.9 Å². The highest BCUT2D eigenvalue weighted by Gasteiger charge is 2.17. The molecule has 0 radical (unpaired) electrons. The topological polar surface area (TPSA) is 83.6 Å². The maximum Gasteiger partial charge on any atom is 0.375 e. The Kier molecular flexibility index (Phi) is 3.92. The third kappa shape index (κ3) is 2.92. The summed E-state index contributed by atoms with van der Waals surface area (Å²) in [5.74, 6) is -0.386. The van der Waals surface area contributed by atoms with Crippen molar-refractivity contribution >= 4 is 17.6 Å². The molecular weight excluding hydrogens is 306 g/mol. The van der Waals surface area contributed by atoms with Crippen molar-refractivity contribution in [2.24, 2.45) is 0 Å². The van der Waals surface area contributed by atoms with Gasteiger partial charge in [-0.15, -0.1) is 5.10 Å². The lowest BCUT2D eigenvalue weighted by Gasteiger charge is -2.21. The van der Waals surface area contributed by atoms with Crippen molar-refractivity contribution in [1.82, 2.24) is 19.6 Å². The van der Waals surface area contributed by atoms with Crippen LogP contribution in [-0.2, 0) is 6.54 Å². The third-order valence-electron chi connectivity index (χ3n) is 3.91. The predicted octanol–water partition coefficient (Wildman–Crippen LogP) is 2.38. The molecule has 2 aromatic heterocycles. The summed E-state index contributed by atoms with van der Waals surface area (Å²) in [6, 6.07) is 8.21. The van der Waals surface area contributed by atoms with Gasteiger partial charge in [-0.2, -0.15) is 9.50 Å². The van der Waals surface area contributed by atoms with Crippen LogP contribution in [-0.4, -0.2) is 37.7 Å². The van der Waals surface area contributed by atoms with Gasteiger partial charge in [0.1, 0.15) is 5.82 Å². The van der Waals surface area contributed by atoms with Gasteiger partial charge in [0, 0.05) is 25.4 Å². The van der Waals surface area contributed by atoms with Crippen LogP contribution in [0.1, 0.15) is 33.0 Å². The highest BCUT2D eigenvalue weighted by Crippen LogP contribution is 2.19. The van der Waals surface area contributed by atoms with E-state index in [2.05, 4.69) is 47.1 Å². The molecule has 7 heteroatoms. The summed E-state index contributed by atoms with van der Waals surface area (Å²) in [6.07, 6.45) is 0. The zero-order valence-electron chi connectivity index (χ0n) is 14.1. The molecule has 1 N–H and O–H groups in total. The SMILES string of the molecule is Cc1ccc(CN(C)c2cc(C)nc3nc(C(=O)O)nn23)c(C)c1. The summed E-state index contributed by atoms with van der Waals surface area (Å²) in [6.45, 7) is 6.68.